The lowest BCUT2D eigenvalue weighted by atomic mass is 9.99. The second-order valence-electron chi connectivity index (χ2n) is 10.7. The molecule has 0 amide bonds. The number of carbonyl (C=O) groups excluding carboxylic acids is 1. The number of esters is 1. The number of aryl methyl sites for hydroxylation is 3. The van der Waals surface area contributed by atoms with Crippen molar-refractivity contribution in [3.05, 3.63) is 118 Å². The first-order valence-electron chi connectivity index (χ1n) is 14.1. The van der Waals surface area contributed by atoms with Gasteiger partial charge in [0.05, 0.1) is 34.2 Å². The monoisotopic (exact) mass is 612 g/mol. The number of H-pyrrole nitrogens is 1. The highest BCUT2D eigenvalue weighted by atomic mass is 16.6. The lowest BCUT2D eigenvalue weighted by Crippen LogP contribution is -2.18. The number of aromatic carboxylic acids is 2. The number of benzene rings is 3. The standard InChI is InChI=1S/C18H20N4O3.2C8H8O2/c1-10-3-5-12(6-4-10)18(23)24-9-13-7-11(2)17(25-13)16-15(20)14(8-19)21-22-16;2*1-6-2-4-7(5-3-6)8(9)10/h3-6,11,13,17H,7,9,20H2,1-2H3,(H,21,22);2*2-5H,1H3,(H,9,10)/t11-,13-,17+;;/m0../s1. The van der Waals surface area contributed by atoms with E-state index >= 15 is 0 Å². The van der Waals surface area contributed by atoms with Crippen LogP contribution in [-0.2, 0) is 9.47 Å². The number of nitrogens with one attached hydrogen (secondary N) is 1. The number of ether oxygens (including phenoxy) is 2. The van der Waals surface area contributed by atoms with Crippen molar-refractivity contribution in [2.24, 2.45) is 5.92 Å². The zero-order valence-electron chi connectivity index (χ0n) is 25.5. The van der Waals surface area contributed by atoms with Crippen molar-refractivity contribution in [1.29, 1.82) is 5.26 Å². The molecule has 5 rings (SSSR count). The Balaban J connectivity index is 0.000000226. The third-order valence-electron chi connectivity index (χ3n) is 7.00. The van der Waals surface area contributed by atoms with Crippen LogP contribution >= 0.6 is 0 Å². The van der Waals surface area contributed by atoms with Crippen LogP contribution in [0.4, 0.5) is 5.69 Å². The van der Waals surface area contributed by atoms with E-state index in [1.165, 1.54) is 0 Å². The molecule has 0 spiro atoms. The molecule has 2 heterocycles. The van der Waals surface area contributed by atoms with E-state index in [4.69, 9.17) is 30.7 Å². The molecule has 1 fully saturated rings. The number of nitriles is 1. The van der Waals surface area contributed by atoms with E-state index < -0.39 is 11.9 Å². The summed E-state index contributed by atoms with van der Waals surface area (Å²) < 4.78 is 11.3. The zero-order chi connectivity index (χ0) is 33.1. The minimum absolute atomic E-state index is 0.164. The lowest BCUT2D eigenvalue weighted by molar-refractivity contribution is -0.0125. The summed E-state index contributed by atoms with van der Waals surface area (Å²) in [5.41, 5.74) is 11.4. The summed E-state index contributed by atoms with van der Waals surface area (Å²) in [5, 5.41) is 32.6. The fourth-order valence-corrected chi connectivity index (χ4v) is 4.40. The minimum Gasteiger partial charge on any atom is -0.478 e. The Hall–Kier alpha value is -5.47. The smallest absolute Gasteiger partial charge is 0.338 e. The molecule has 1 aliphatic heterocycles. The van der Waals surface area contributed by atoms with Gasteiger partial charge in [-0.2, -0.15) is 10.4 Å². The van der Waals surface area contributed by atoms with Gasteiger partial charge in [-0.25, -0.2) is 14.4 Å². The Kier molecular flexibility index (Phi) is 12.0. The molecule has 1 saturated heterocycles. The SMILES string of the molecule is Cc1ccc(C(=O)O)cc1.Cc1ccc(C(=O)O)cc1.Cc1ccc(C(=O)OC[C@@H]2C[C@H](C)[C@H](c3[nH]nc(C#N)c3N)O2)cc1. The van der Waals surface area contributed by atoms with E-state index in [0.29, 0.717) is 28.1 Å². The molecule has 4 aromatic rings. The molecule has 3 aromatic carbocycles. The minimum atomic E-state index is -0.875. The van der Waals surface area contributed by atoms with Crippen LogP contribution in [0.1, 0.15) is 78.6 Å². The van der Waals surface area contributed by atoms with Crippen molar-refractivity contribution in [2.75, 3.05) is 12.3 Å². The lowest BCUT2D eigenvalue weighted by Gasteiger charge is -2.15. The molecule has 1 aromatic heterocycles. The average Bonchev–Trinajstić information content (AvgIpc) is 3.58. The quantitative estimate of drug-likeness (QED) is 0.191. The van der Waals surface area contributed by atoms with Crippen molar-refractivity contribution in [1.82, 2.24) is 10.2 Å². The first-order chi connectivity index (χ1) is 21.4. The van der Waals surface area contributed by atoms with Gasteiger partial charge >= 0.3 is 17.9 Å². The summed E-state index contributed by atoms with van der Waals surface area (Å²) in [6.07, 6.45) is 0.215. The van der Waals surface area contributed by atoms with E-state index in [0.717, 1.165) is 23.1 Å². The fraction of sp³-hybridized carbons (Fsp3) is 0.265. The van der Waals surface area contributed by atoms with Gasteiger partial charge in [0.25, 0.3) is 0 Å². The van der Waals surface area contributed by atoms with Gasteiger partial charge in [0.15, 0.2) is 5.69 Å². The number of rotatable bonds is 6. The number of carboxylic acids is 2. The number of anilines is 1. The van der Waals surface area contributed by atoms with Gasteiger partial charge in [-0.05, 0) is 69.5 Å². The molecule has 11 heteroatoms. The molecular formula is C34H36N4O7. The second kappa shape index (κ2) is 15.8. The summed E-state index contributed by atoms with van der Waals surface area (Å²) >= 11 is 0. The van der Waals surface area contributed by atoms with E-state index in [1.54, 1.807) is 60.7 Å². The van der Waals surface area contributed by atoms with Crippen LogP contribution in [0.5, 0.6) is 0 Å². The zero-order valence-corrected chi connectivity index (χ0v) is 25.5. The first-order valence-corrected chi connectivity index (χ1v) is 14.1. The summed E-state index contributed by atoms with van der Waals surface area (Å²) in [5.74, 6) is -1.95. The Labute approximate surface area is 261 Å². The van der Waals surface area contributed by atoms with Crippen molar-refractivity contribution < 1.29 is 34.1 Å². The number of aromatic nitrogens is 2. The molecule has 5 N–H and O–H groups in total. The molecule has 0 radical (unpaired) electrons. The van der Waals surface area contributed by atoms with Crippen molar-refractivity contribution >= 4 is 23.6 Å². The highest BCUT2D eigenvalue weighted by molar-refractivity contribution is 5.89. The molecule has 0 aliphatic carbocycles. The van der Waals surface area contributed by atoms with Crippen LogP contribution in [0.3, 0.4) is 0 Å². The topological polar surface area (TPSA) is 189 Å². The van der Waals surface area contributed by atoms with Gasteiger partial charge in [0, 0.05) is 0 Å². The van der Waals surface area contributed by atoms with Gasteiger partial charge in [-0.15, -0.1) is 0 Å². The number of nitrogen functional groups attached to an aromatic ring is 1. The number of hydrogen-bond acceptors (Lipinski definition) is 8. The van der Waals surface area contributed by atoms with Gasteiger partial charge < -0.3 is 25.4 Å². The molecule has 11 nitrogen and oxygen atoms in total. The van der Waals surface area contributed by atoms with E-state index in [9.17, 15) is 14.4 Å². The van der Waals surface area contributed by atoms with Gasteiger partial charge in [0.2, 0.25) is 0 Å². The van der Waals surface area contributed by atoms with E-state index in [1.807, 2.05) is 45.9 Å². The van der Waals surface area contributed by atoms with E-state index in [-0.39, 0.29) is 36.4 Å². The predicted molar refractivity (Wildman–Crippen MR) is 167 cm³/mol. The van der Waals surface area contributed by atoms with Crippen molar-refractivity contribution in [2.45, 2.75) is 46.3 Å². The Morgan fingerprint density at radius 2 is 1.33 bits per heavy atom. The molecular weight excluding hydrogens is 576 g/mol. The van der Waals surface area contributed by atoms with Crippen molar-refractivity contribution in [3.8, 4) is 6.07 Å². The number of carbonyl (C=O) groups is 3. The predicted octanol–water partition coefficient (Wildman–Crippen LogP) is 5.88. The number of nitrogens with two attached hydrogens (primary N) is 1. The summed E-state index contributed by atoms with van der Waals surface area (Å²) in [7, 11) is 0. The Morgan fingerprint density at radius 1 is 0.889 bits per heavy atom. The molecule has 3 atom stereocenters. The van der Waals surface area contributed by atoms with Crippen LogP contribution in [0, 0.1) is 38.0 Å². The van der Waals surface area contributed by atoms with Gasteiger partial charge in [0.1, 0.15) is 18.8 Å². The highest BCUT2D eigenvalue weighted by Gasteiger charge is 2.36. The van der Waals surface area contributed by atoms with E-state index in [2.05, 4.69) is 10.2 Å². The maximum absolute atomic E-state index is 12.1. The van der Waals surface area contributed by atoms with Crippen LogP contribution in [0.25, 0.3) is 0 Å². The molecule has 1 aliphatic rings. The molecule has 0 bridgehead atoms. The number of hydrogen-bond donors (Lipinski definition) is 4. The summed E-state index contributed by atoms with van der Waals surface area (Å²) in [6.45, 7) is 8.00. The largest absolute Gasteiger partial charge is 0.478 e. The molecule has 0 saturated carbocycles. The maximum Gasteiger partial charge on any atom is 0.338 e. The fourth-order valence-electron chi connectivity index (χ4n) is 4.40. The normalized spacial score (nSPS) is 16.6. The number of nitrogens with zero attached hydrogens (tertiary/aromatic N) is 2. The van der Waals surface area contributed by atoms with Crippen LogP contribution in [0.15, 0.2) is 72.8 Å². The summed E-state index contributed by atoms with van der Waals surface area (Å²) in [6, 6.07) is 22.7. The van der Waals surface area contributed by atoms with Crippen LogP contribution < -0.4 is 5.73 Å². The molecule has 234 valence electrons. The third kappa shape index (κ3) is 9.77. The Morgan fingerprint density at radius 3 is 1.73 bits per heavy atom. The van der Waals surface area contributed by atoms with Crippen LogP contribution in [-0.4, -0.2) is 51.0 Å². The second-order valence-corrected chi connectivity index (χ2v) is 10.7. The molecule has 0 unspecified atom stereocenters. The van der Waals surface area contributed by atoms with Gasteiger partial charge in [-0.3, -0.25) is 5.10 Å². The average molecular weight is 613 g/mol. The number of carboxylic acid groups (broad SMARTS) is 2. The summed E-state index contributed by atoms with van der Waals surface area (Å²) in [4.78, 5) is 32.7. The highest BCUT2D eigenvalue weighted by Crippen LogP contribution is 2.39. The maximum atomic E-state index is 12.1. The Bertz CT molecular complexity index is 1580. The van der Waals surface area contributed by atoms with Gasteiger partial charge in [-0.1, -0.05) is 60.0 Å². The van der Waals surface area contributed by atoms with Crippen LogP contribution in [0.2, 0.25) is 0 Å². The van der Waals surface area contributed by atoms with Crippen molar-refractivity contribution in [3.63, 3.8) is 0 Å². The first kappa shape index (κ1) is 34.0. The number of aromatic amines is 1. The third-order valence-corrected chi connectivity index (χ3v) is 7.00. The molecule has 45 heavy (non-hydrogen) atoms.